The molecule has 0 unspecified atom stereocenters. The summed E-state index contributed by atoms with van der Waals surface area (Å²) in [6, 6.07) is 16.0. The summed E-state index contributed by atoms with van der Waals surface area (Å²) < 4.78 is 25.6. The van der Waals surface area contributed by atoms with Crippen LogP contribution in [-0.2, 0) is 16.1 Å². The number of nitrogens with zero attached hydrogens (tertiary/aromatic N) is 3. The van der Waals surface area contributed by atoms with Crippen molar-refractivity contribution in [2.45, 2.75) is 12.6 Å². The van der Waals surface area contributed by atoms with E-state index in [1.807, 2.05) is 37.4 Å². The van der Waals surface area contributed by atoms with Crippen LogP contribution in [-0.4, -0.2) is 72.5 Å². The normalized spacial score (nSPS) is 14.7. The zero-order valence-corrected chi connectivity index (χ0v) is 21.2. The number of aromatic nitrogens is 1. The minimum absolute atomic E-state index is 0.0536. The van der Waals surface area contributed by atoms with Gasteiger partial charge in [0.1, 0.15) is 23.2 Å². The molecule has 1 atom stereocenters. The van der Waals surface area contributed by atoms with E-state index in [2.05, 4.69) is 15.2 Å². The molecule has 4 rings (SSSR count). The second-order valence-electron chi connectivity index (χ2n) is 8.72. The Kier molecular flexibility index (Phi) is 9.05. The predicted molar refractivity (Wildman–Crippen MR) is 137 cm³/mol. The van der Waals surface area contributed by atoms with Crippen LogP contribution in [0, 0.1) is 5.82 Å². The molecule has 1 aromatic heterocycles. The molecule has 1 aliphatic heterocycles. The number of piperazine rings is 1. The largest absolute Gasteiger partial charge is 0.438 e. The van der Waals surface area contributed by atoms with Gasteiger partial charge in [-0.1, -0.05) is 41.9 Å². The monoisotopic (exact) mass is 526 g/mol. The van der Waals surface area contributed by atoms with Gasteiger partial charge in [-0.05, 0) is 42.9 Å². The van der Waals surface area contributed by atoms with Crippen molar-refractivity contribution in [3.05, 3.63) is 88.8 Å². The lowest BCUT2D eigenvalue weighted by Crippen LogP contribution is -2.55. The average molecular weight is 527 g/mol. The number of halogens is 2. The minimum atomic E-state index is -0.980. The van der Waals surface area contributed by atoms with E-state index in [1.165, 1.54) is 0 Å². The molecule has 194 valence electrons. The highest BCUT2D eigenvalue weighted by Crippen LogP contribution is 2.25. The Bertz CT molecular complexity index is 1200. The van der Waals surface area contributed by atoms with E-state index in [-0.39, 0.29) is 30.6 Å². The van der Waals surface area contributed by atoms with Gasteiger partial charge in [0.25, 0.3) is 5.91 Å². The maximum absolute atomic E-state index is 14.1. The second-order valence-corrected chi connectivity index (χ2v) is 9.15. The molecule has 1 aliphatic rings. The number of carbonyl (C=O) groups excluding carboxylic acids is 2. The molecule has 2 heterocycles. The van der Waals surface area contributed by atoms with Crippen molar-refractivity contribution in [2.75, 3.05) is 39.8 Å². The number of carbonyl (C=O) groups is 2. The Labute approximate surface area is 219 Å². The lowest BCUT2D eigenvalue weighted by atomic mass is 10.2. The zero-order valence-electron chi connectivity index (χ0n) is 20.4. The Morgan fingerprint density at radius 2 is 1.78 bits per heavy atom. The van der Waals surface area contributed by atoms with Crippen LogP contribution in [0.15, 0.2) is 66.9 Å². The van der Waals surface area contributed by atoms with Gasteiger partial charge in [-0.25, -0.2) is 9.37 Å². The maximum Gasteiger partial charge on any atom is 0.257 e. The molecule has 0 saturated carbocycles. The Balaban J connectivity index is 1.51. The number of pyridine rings is 1. The summed E-state index contributed by atoms with van der Waals surface area (Å²) in [6.45, 7) is 2.74. The molecule has 1 saturated heterocycles. The molecule has 37 heavy (non-hydrogen) atoms. The number of nitrogens with one attached hydrogen (secondary N) is 1. The number of hydrogen-bond acceptors (Lipinski definition) is 6. The molecule has 2 aromatic carbocycles. The summed E-state index contributed by atoms with van der Waals surface area (Å²) in [6.07, 6.45) is 0.956. The van der Waals surface area contributed by atoms with Crippen molar-refractivity contribution < 1.29 is 23.5 Å². The maximum atomic E-state index is 14.1. The molecule has 10 heteroatoms. The van der Waals surface area contributed by atoms with E-state index >= 15 is 0 Å². The van der Waals surface area contributed by atoms with Crippen molar-refractivity contribution in [1.29, 1.82) is 0 Å². The van der Waals surface area contributed by atoms with Crippen molar-refractivity contribution >= 4 is 23.4 Å². The van der Waals surface area contributed by atoms with Crippen LogP contribution in [0.4, 0.5) is 4.39 Å². The van der Waals surface area contributed by atoms with Crippen molar-refractivity contribution in [2.24, 2.45) is 0 Å². The van der Waals surface area contributed by atoms with E-state index in [4.69, 9.17) is 21.1 Å². The number of ether oxygens (including phenoxy) is 2. The minimum Gasteiger partial charge on any atom is -0.438 e. The predicted octanol–water partition coefficient (Wildman–Crippen LogP) is 3.76. The number of benzene rings is 2. The average Bonchev–Trinajstić information content (AvgIpc) is 2.91. The molecule has 3 aromatic rings. The Hall–Kier alpha value is -3.53. The summed E-state index contributed by atoms with van der Waals surface area (Å²) in [5.41, 5.74) is 0.793. The van der Waals surface area contributed by atoms with Gasteiger partial charge in [-0.2, -0.15) is 0 Å². The summed E-state index contributed by atoms with van der Waals surface area (Å²) in [5.74, 6) is -1.41. The van der Waals surface area contributed by atoms with Crippen molar-refractivity contribution in [3.63, 3.8) is 0 Å². The van der Waals surface area contributed by atoms with E-state index in [0.29, 0.717) is 23.9 Å². The lowest BCUT2D eigenvalue weighted by Gasteiger charge is -2.34. The first kappa shape index (κ1) is 26.5. The first-order valence-corrected chi connectivity index (χ1v) is 12.3. The fraction of sp³-hybridized carbons (Fsp3) is 0.296. The molecule has 1 fully saturated rings. The first-order chi connectivity index (χ1) is 17.9. The number of rotatable bonds is 9. The standard InChI is InChI=1S/C27H28ClFN4O4/c1-32-11-13-33(14-12-32)27(35)24(18-36-17-19-5-3-2-4-6-19)31-25(34)23-15-21(29)16-30-26(23)37-22-9-7-20(28)8-10-22/h2-10,15-16,24H,11-14,17-18H2,1H3,(H,31,34)/t24-/m1/s1. The van der Waals surface area contributed by atoms with Gasteiger partial charge < -0.3 is 24.6 Å². The van der Waals surface area contributed by atoms with Gasteiger partial charge in [-0.15, -0.1) is 0 Å². The van der Waals surface area contributed by atoms with Gasteiger partial charge in [-0.3, -0.25) is 9.59 Å². The first-order valence-electron chi connectivity index (χ1n) is 11.9. The fourth-order valence-corrected chi connectivity index (χ4v) is 3.94. The van der Waals surface area contributed by atoms with Crippen LogP contribution in [0.3, 0.4) is 0 Å². The fourth-order valence-electron chi connectivity index (χ4n) is 3.81. The summed E-state index contributed by atoms with van der Waals surface area (Å²) >= 11 is 5.92. The van der Waals surface area contributed by atoms with Crippen LogP contribution in [0.2, 0.25) is 5.02 Å². The third-order valence-corrected chi connectivity index (χ3v) is 6.16. The number of amides is 2. The van der Waals surface area contributed by atoms with Crippen LogP contribution < -0.4 is 10.1 Å². The third kappa shape index (κ3) is 7.48. The van der Waals surface area contributed by atoms with E-state index in [0.717, 1.165) is 30.9 Å². The van der Waals surface area contributed by atoms with Crippen molar-refractivity contribution in [3.8, 4) is 11.6 Å². The van der Waals surface area contributed by atoms with Gasteiger partial charge in [0.05, 0.1) is 19.4 Å². The van der Waals surface area contributed by atoms with Gasteiger partial charge in [0.2, 0.25) is 11.8 Å². The highest BCUT2D eigenvalue weighted by molar-refractivity contribution is 6.30. The highest BCUT2D eigenvalue weighted by Gasteiger charge is 2.30. The van der Waals surface area contributed by atoms with Crippen molar-refractivity contribution in [1.82, 2.24) is 20.1 Å². The van der Waals surface area contributed by atoms with Gasteiger partial charge in [0.15, 0.2) is 0 Å². The Morgan fingerprint density at radius 1 is 1.08 bits per heavy atom. The van der Waals surface area contributed by atoms with Crippen LogP contribution >= 0.6 is 11.6 Å². The molecular weight excluding hydrogens is 499 g/mol. The topological polar surface area (TPSA) is 84.0 Å². The summed E-state index contributed by atoms with van der Waals surface area (Å²) in [5, 5.41) is 3.23. The Morgan fingerprint density at radius 3 is 2.49 bits per heavy atom. The smallest absolute Gasteiger partial charge is 0.257 e. The van der Waals surface area contributed by atoms with E-state index in [9.17, 15) is 14.0 Å². The number of likely N-dealkylation sites (N-methyl/N-ethyl adjacent to an activating group) is 1. The summed E-state index contributed by atoms with van der Waals surface area (Å²) in [4.78, 5) is 34.4. The molecule has 0 spiro atoms. The SMILES string of the molecule is CN1CCN(C(=O)[C@@H](COCc2ccccc2)NC(=O)c2cc(F)cnc2Oc2ccc(Cl)cc2)CC1. The van der Waals surface area contributed by atoms with Gasteiger partial charge >= 0.3 is 0 Å². The molecule has 0 bridgehead atoms. The second kappa shape index (κ2) is 12.6. The van der Waals surface area contributed by atoms with E-state index < -0.39 is 17.8 Å². The summed E-state index contributed by atoms with van der Waals surface area (Å²) in [7, 11) is 1.99. The molecule has 0 aliphatic carbocycles. The van der Waals surface area contributed by atoms with Crippen LogP contribution in [0.1, 0.15) is 15.9 Å². The van der Waals surface area contributed by atoms with Gasteiger partial charge in [0, 0.05) is 31.2 Å². The highest BCUT2D eigenvalue weighted by atomic mass is 35.5. The third-order valence-electron chi connectivity index (χ3n) is 5.90. The quantitative estimate of drug-likeness (QED) is 0.457. The van der Waals surface area contributed by atoms with E-state index in [1.54, 1.807) is 29.2 Å². The molecule has 8 nitrogen and oxygen atoms in total. The lowest BCUT2D eigenvalue weighted by molar-refractivity contribution is -0.136. The zero-order chi connectivity index (χ0) is 26.2. The van der Waals surface area contributed by atoms with Crippen LogP contribution in [0.25, 0.3) is 0 Å². The number of hydrogen-bond donors (Lipinski definition) is 1. The molecule has 0 radical (unpaired) electrons. The molecule has 1 N–H and O–H groups in total. The van der Waals surface area contributed by atoms with Crippen LogP contribution in [0.5, 0.6) is 11.6 Å². The molecular formula is C27H28ClFN4O4. The molecule has 2 amide bonds.